The van der Waals surface area contributed by atoms with Gasteiger partial charge >= 0.3 is 12.0 Å². The van der Waals surface area contributed by atoms with Crippen LogP contribution in [0, 0.1) is 5.92 Å². The first kappa shape index (κ1) is 14.8. The van der Waals surface area contributed by atoms with Gasteiger partial charge in [-0.2, -0.15) is 0 Å². The van der Waals surface area contributed by atoms with Crippen LogP contribution in [0.4, 0.5) is 10.5 Å². The number of carboxylic acid groups (broad SMARTS) is 1. The Morgan fingerprint density at radius 1 is 1.14 bits per heavy atom. The maximum Gasteiger partial charge on any atom is 0.319 e. The van der Waals surface area contributed by atoms with Crippen LogP contribution < -0.4 is 16.4 Å². The largest absolute Gasteiger partial charge is 0.481 e. The lowest BCUT2D eigenvalue weighted by Crippen LogP contribution is -2.42. The zero-order valence-corrected chi connectivity index (χ0v) is 11.3. The molecule has 1 aromatic rings. The molecule has 1 fully saturated rings. The highest BCUT2D eigenvalue weighted by Gasteiger charge is 2.33. The van der Waals surface area contributed by atoms with Gasteiger partial charge in [-0.15, -0.1) is 0 Å². The van der Waals surface area contributed by atoms with Crippen molar-refractivity contribution in [3.8, 4) is 0 Å². The number of primary amides is 1. The number of urea groups is 1. The van der Waals surface area contributed by atoms with Gasteiger partial charge < -0.3 is 21.5 Å². The highest BCUT2D eigenvalue weighted by atomic mass is 16.4. The Balaban J connectivity index is 1.92. The van der Waals surface area contributed by atoms with E-state index in [1.54, 1.807) is 12.1 Å². The summed E-state index contributed by atoms with van der Waals surface area (Å²) in [5, 5.41) is 14.3. The lowest BCUT2D eigenvalue weighted by Gasteiger charge is -2.18. The van der Waals surface area contributed by atoms with Crippen molar-refractivity contribution in [3.63, 3.8) is 0 Å². The fourth-order valence-corrected chi connectivity index (χ4v) is 2.48. The standard InChI is InChI=1S/C14H17N3O4/c15-12(18)8-4-6-9(7-5-8)16-14(21)17-11-3-1-2-10(11)13(19)20/h4-7,10-11H,1-3H2,(H2,15,18)(H,19,20)(H2,16,17,21). The van der Waals surface area contributed by atoms with Crippen LogP contribution in [0.2, 0.25) is 0 Å². The summed E-state index contributed by atoms with van der Waals surface area (Å²) in [7, 11) is 0. The van der Waals surface area contributed by atoms with Crippen LogP contribution in [0.1, 0.15) is 29.6 Å². The van der Waals surface area contributed by atoms with Gasteiger partial charge in [-0.3, -0.25) is 9.59 Å². The van der Waals surface area contributed by atoms with Crippen LogP contribution in [0.15, 0.2) is 24.3 Å². The molecule has 0 saturated heterocycles. The summed E-state index contributed by atoms with van der Waals surface area (Å²) in [4.78, 5) is 33.8. The number of aliphatic carboxylic acids is 1. The van der Waals surface area contributed by atoms with Gasteiger partial charge in [0, 0.05) is 17.3 Å². The summed E-state index contributed by atoms with van der Waals surface area (Å²) in [5.41, 5.74) is 5.98. The number of benzene rings is 1. The van der Waals surface area contributed by atoms with E-state index in [1.165, 1.54) is 12.1 Å². The molecule has 21 heavy (non-hydrogen) atoms. The van der Waals surface area contributed by atoms with Crippen LogP contribution in [0.3, 0.4) is 0 Å². The van der Waals surface area contributed by atoms with Crippen molar-refractivity contribution in [2.75, 3.05) is 5.32 Å². The van der Waals surface area contributed by atoms with E-state index in [4.69, 9.17) is 10.8 Å². The Morgan fingerprint density at radius 3 is 2.38 bits per heavy atom. The minimum atomic E-state index is -0.886. The zero-order chi connectivity index (χ0) is 15.4. The van der Waals surface area contributed by atoms with Crippen molar-refractivity contribution in [1.29, 1.82) is 0 Å². The van der Waals surface area contributed by atoms with Gasteiger partial charge in [-0.05, 0) is 37.1 Å². The van der Waals surface area contributed by atoms with Crippen molar-refractivity contribution in [1.82, 2.24) is 5.32 Å². The molecule has 5 N–H and O–H groups in total. The zero-order valence-electron chi connectivity index (χ0n) is 11.3. The molecular weight excluding hydrogens is 274 g/mol. The number of carboxylic acids is 1. The number of rotatable bonds is 4. The van der Waals surface area contributed by atoms with Gasteiger partial charge in [0.15, 0.2) is 0 Å². The van der Waals surface area contributed by atoms with E-state index in [0.717, 1.165) is 6.42 Å². The Morgan fingerprint density at radius 2 is 1.81 bits per heavy atom. The van der Waals surface area contributed by atoms with Gasteiger partial charge in [0.2, 0.25) is 5.91 Å². The molecule has 7 nitrogen and oxygen atoms in total. The van der Waals surface area contributed by atoms with Crippen LogP contribution in [0.5, 0.6) is 0 Å². The Kier molecular flexibility index (Phi) is 4.42. The summed E-state index contributed by atoms with van der Waals surface area (Å²) in [6.07, 6.45) is 2.02. The normalized spacial score (nSPS) is 20.8. The van der Waals surface area contributed by atoms with E-state index >= 15 is 0 Å². The number of nitrogens with one attached hydrogen (secondary N) is 2. The monoisotopic (exact) mass is 291 g/mol. The number of carbonyl (C=O) groups is 3. The summed E-state index contributed by atoms with van der Waals surface area (Å²) in [6.45, 7) is 0. The molecule has 3 amide bonds. The molecule has 0 radical (unpaired) electrons. The lowest BCUT2D eigenvalue weighted by atomic mass is 10.0. The predicted octanol–water partition coefficient (Wildman–Crippen LogP) is 1.16. The molecule has 0 heterocycles. The van der Waals surface area contributed by atoms with Crippen molar-refractivity contribution in [2.24, 2.45) is 11.7 Å². The van der Waals surface area contributed by atoms with Crippen LogP contribution in [-0.2, 0) is 4.79 Å². The Labute approximate surface area is 121 Å². The summed E-state index contributed by atoms with van der Waals surface area (Å²) in [5.74, 6) is -1.96. The molecule has 2 atom stereocenters. The van der Waals surface area contributed by atoms with Crippen LogP contribution >= 0.6 is 0 Å². The molecule has 1 saturated carbocycles. The summed E-state index contributed by atoms with van der Waals surface area (Å²) in [6, 6.07) is 5.32. The summed E-state index contributed by atoms with van der Waals surface area (Å²) >= 11 is 0. The van der Waals surface area contributed by atoms with E-state index in [9.17, 15) is 14.4 Å². The first-order valence-electron chi connectivity index (χ1n) is 6.67. The van der Waals surface area contributed by atoms with Gasteiger partial charge in [-0.1, -0.05) is 6.42 Å². The molecule has 0 aromatic heterocycles. The second-order valence-electron chi connectivity index (χ2n) is 5.02. The molecule has 2 rings (SSSR count). The minimum absolute atomic E-state index is 0.350. The SMILES string of the molecule is NC(=O)c1ccc(NC(=O)NC2CCCC2C(=O)O)cc1. The maximum absolute atomic E-state index is 11.8. The lowest BCUT2D eigenvalue weighted by molar-refractivity contribution is -0.142. The van der Waals surface area contributed by atoms with Crippen LogP contribution in [0.25, 0.3) is 0 Å². The fraction of sp³-hybridized carbons (Fsp3) is 0.357. The molecule has 1 aromatic carbocycles. The molecule has 112 valence electrons. The van der Waals surface area contributed by atoms with Crippen molar-refractivity contribution >= 4 is 23.6 Å². The maximum atomic E-state index is 11.8. The average Bonchev–Trinajstić information content (AvgIpc) is 2.87. The third kappa shape index (κ3) is 3.71. The van der Waals surface area contributed by atoms with E-state index in [2.05, 4.69) is 10.6 Å². The molecule has 0 bridgehead atoms. The number of carbonyl (C=O) groups excluding carboxylic acids is 2. The van der Waals surface area contributed by atoms with Gasteiger partial charge in [0.1, 0.15) is 0 Å². The van der Waals surface area contributed by atoms with Crippen LogP contribution in [-0.4, -0.2) is 29.1 Å². The number of hydrogen-bond donors (Lipinski definition) is 4. The summed E-state index contributed by atoms with van der Waals surface area (Å²) < 4.78 is 0. The molecular formula is C14H17N3O4. The van der Waals surface area contributed by atoms with Gasteiger partial charge in [0.25, 0.3) is 0 Å². The van der Waals surface area contributed by atoms with E-state index in [0.29, 0.717) is 24.1 Å². The second-order valence-corrected chi connectivity index (χ2v) is 5.02. The molecule has 7 heteroatoms. The highest BCUT2D eigenvalue weighted by Crippen LogP contribution is 2.25. The van der Waals surface area contributed by atoms with Crippen molar-refractivity contribution in [2.45, 2.75) is 25.3 Å². The topological polar surface area (TPSA) is 122 Å². The van der Waals surface area contributed by atoms with Crippen molar-refractivity contribution in [3.05, 3.63) is 29.8 Å². The molecule has 1 aliphatic rings. The minimum Gasteiger partial charge on any atom is -0.481 e. The Hall–Kier alpha value is -2.57. The molecule has 0 spiro atoms. The smallest absolute Gasteiger partial charge is 0.319 e. The third-order valence-electron chi connectivity index (χ3n) is 3.58. The highest BCUT2D eigenvalue weighted by molar-refractivity contribution is 5.94. The molecule has 1 aliphatic carbocycles. The molecule has 0 aliphatic heterocycles. The fourth-order valence-electron chi connectivity index (χ4n) is 2.48. The van der Waals surface area contributed by atoms with E-state index < -0.39 is 23.8 Å². The van der Waals surface area contributed by atoms with E-state index in [1.807, 2.05) is 0 Å². The molecule has 2 unspecified atom stereocenters. The Bertz CT molecular complexity index is 556. The second kappa shape index (κ2) is 6.25. The number of hydrogen-bond acceptors (Lipinski definition) is 3. The first-order valence-corrected chi connectivity index (χ1v) is 6.67. The number of amides is 3. The van der Waals surface area contributed by atoms with Gasteiger partial charge in [0.05, 0.1) is 5.92 Å². The van der Waals surface area contributed by atoms with Gasteiger partial charge in [-0.25, -0.2) is 4.79 Å². The number of anilines is 1. The number of nitrogens with two attached hydrogens (primary N) is 1. The predicted molar refractivity (Wildman–Crippen MR) is 75.9 cm³/mol. The average molecular weight is 291 g/mol. The first-order chi connectivity index (χ1) is 9.97. The van der Waals surface area contributed by atoms with E-state index in [-0.39, 0.29) is 6.04 Å². The van der Waals surface area contributed by atoms with Crippen molar-refractivity contribution < 1.29 is 19.5 Å². The third-order valence-corrected chi connectivity index (χ3v) is 3.58. The quantitative estimate of drug-likeness (QED) is 0.665.